The van der Waals surface area contributed by atoms with Crippen LogP contribution >= 0.6 is 0 Å². The lowest BCUT2D eigenvalue weighted by Gasteiger charge is -2.65. The molecule has 2 saturated heterocycles. The van der Waals surface area contributed by atoms with Crippen molar-refractivity contribution >= 4 is 5.97 Å². The van der Waals surface area contributed by atoms with Crippen molar-refractivity contribution in [1.29, 1.82) is 0 Å². The summed E-state index contributed by atoms with van der Waals surface area (Å²) in [6.07, 6.45) is 18.7. The van der Waals surface area contributed by atoms with E-state index in [2.05, 4.69) is 64.4 Å². The van der Waals surface area contributed by atoms with Crippen molar-refractivity contribution in [3.8, 4) is 23.0 Å². The number of aryl methyl sites for hydroxylation is 2. The van der Waals surface area contributed by atoms with E-state index >= 15 is 0 Å². The van der Waals surface area contributed by atoms with Gasteiger partial charge in [0.25, 0.3) is 0 Å². The average Bonchev–Trinajstić information content (AvgIpc) is 4.28. The van der Waals surface area contributed by atoms with Gasteiger partial charge in [0.1, 0.15) is 17.8 Å². The van der Waals surface area contributed by atoms with Crippen LogP contribution in [0, 0.1) is 11.8 Å². The fourth-order valence-corrected chi connectivity index (χ4v) is 15.7. The number of hydrogen-bond donors (Lipinski definition) is 2. The van der Waals surface area contributed by atoms with Crippen LogP contribution in [0.2, 0.25) is 0 Å². The van der Waals surface area contributed by atoms with Crippen LogP contribution in [0.1, 0.15) is 123 Å². The molecule has 9 heteroatoms. The smallest absolute Gasteiger partial charge is 0.306 e. The second-order valence-electron chi connectivity index (χ2n) is 22.3. The number of likely N-dealkylation sites (tertiary alicyclic amines) is 2. The topological polar surface area (TPSA) is 101 Å². The van der Waals surface area contributed by atoms with Crippen molar-refractivity contribution in [1.82, 2.24) is 9.80 Å². The zero-order valence-electron chi connectivity index (χ0n) is 39.1. The Balaban J connectivity index is 0.000000133. The Hall–Kier alpha value is -4.57. The third kappa shape index (κ3) is 6.59. The first-order valence-corrected chi connectivity index (χ1v) is 26.3. The number of carbonyl (C=O) groups excluding carboxylic acids is 1. The highest BCUT2D eigenvalue weighted by molar-refractivity contribution is 5.72. The molecule has 4 aromatic carbocycles. The van der Waals surface area contributed by atoms with Crippen molar-refractivity contribution in [2.75, 3.05) is 32.8 Å². The molecule has 9 nitrogen and oxygen atoms in total. The van der Waals surface area contributed by atoms with Gasteiger partial charge < -0.3 is 29.2 Å². The second-order valence-corrected chi connectivity index (χ2v) is 22.3. The maximum atomic E-state index is 13.5. The van der Waals surface area contributed by atoms with Crippen LogP contribution in [0.5, 0.6) is 23.0 Å². The molecule has 2 unspecified atom stereocenters. The SMILES string of the molecule is O=C(CCc1ccccc1)O[C@@]12CCC[C@@H]3Oc4c(O)ccc5c4[C@@]31CCN(CC1CC1)C2C5.Oc1ccc2c3c1O[C@H]1CCC[C@@]4(OCCCc5ccccc5)C(C2)N(CC2CC2)CC[C@]314. The number of rotatable bonds is 13. The minimum Gasteiger partial charge on any atom is -0.504 e. The summed E-state index contributed by atoms with van der Waals surface area (Å²) < 4.78 is 27.0. The Morgan fingerprint density at radius 3 is 1.67 bits per heavy atom. The highest BCUT2D eigenvalue weighted by Gasteiger charge is 2.74. The van der Waals surface area contributed by atoms with Crippen molar-refractivity contribution in [3.63, 3.8) is 0 Å². The molecule has 4 aromatic rings. The maximum absolute atomic E-state index is 13.5. The number of piperidine rings is 2. The maximum Gasteiger partial charge on any atom is 0.306 e. The molecular formula is C58H68N2O7. The first kappa shape index (κ1) is 42.5. The van der Waals surface area contributed by atoms with Gasteiger partial charge in [0.05, 0.1) is 22.5 Å². The van der Waals surface area contributed by atoms with Crippen LogP contribution in [0.3, 0.4) is 0 Å². The van der Waals surface area contributed by atoms with Crippen molar-refractivity contribution < 1.29 is 34.0 Å². The molecule has 4 aliphatic heterocycles. The minimum atomic E-state index is -0.580. The Bertz CT molecular complexity index is 2530. The van der Waals surface area contributed by atoms with E-state index < -0.39 is 5.60 Å². The zero-order chi connectivity index (χ0) is 45.0. The predicted octanol–water partition coefficient (Wildman–Crippen LogP) is 9.53. The number of nitrogens with zero attached hydrogens (tertiary/aromatic N) is 2. The molecule has 4 bridgehead atoms. The third-order valence-electron chi connectivity index (χ3n) is 18.8. The number of phenols is 2. The molecule has 0 aromatic heterocycles. The summed E-state index contributed by atoms with van der Waals surface area (Å²) in [7, 11) is 0. The summed E-state index contributed by atoms with van der Waals surface area (Å²) in [5, 5.41) is 21.5. The van der Waals surface area contributed by atoms with Gasteiger partial charge in [-0.05, 0) is 168 Å². The van der Waals surface area contributed by atoms with Gasteiger partial charge in [0.15, 0.2) is 23.0 Å². The first-order chi connectivity index (χ1) is 32.8. The quantitative estimate of drug-likeness (QED) is 0.100. The van der Waals surface area contributed by atoms with E-state index in [1.807, 2.05) is 24.3 Å². The molecule has 4 heterocycles. The second kappa shape index (κ2) is 16.3. The van der Waals surface area contributed by atoms with E-state index in [1.54, 1.807) is 6.07 Å². The summed E-state index contributed by atoms with van der Waals surface area (Å²) in [4.78, 5) is 18.9. The van der Waals surface area contributed by atoms with E-state index in [-0.39, 0.29) is 46.4 Å². The normalized spacial score (nSPS) is 33.6. The highest BCUT2D eigenvalue weighted by atomic mass is 16.6. The van der Waals surface area contributed by atoms with Gasteiger partial charge in [-0.1, -0.05) is 72.8 Å². The minimum absolute atomic E-state index is 0.0314. The Kier molecular flexibility index (Phi) is 10.3. The molecule has 2 spiro atoms. The van der Waals surface area contributed by atoms with Gasteiger partial charge in [-0.2, -0.15) is 0 Å². The van der Waals surface area contributed by atoms with Gasteiger partial charge >= 0.3 is 5.97 Å². The molecular weight excluding hydrogens is 837 g/mol. The van der Waals surface area contributed by atoms with Gasteiger partial charge in [0, 0.05) is 43.3 Å². The number of ether oxygens (including phenoxy) is 4. The Morgan fingerprint density at radius 1 is 0.612 bits per heavy atom. The van der Waals surface area contributed by atoms with Gasteiger partial charge in [-0.25, -0.2) is 0 Å². The molecule has 4 saturated carbocycles. The summed E-state index contributed by atoms with van der Waals surface area (Å²) in [6, 6.07) is 29.5. The molecule has 352 valence electrons. The summed E-state index contributed by atoms with van der Waals surface area (Å²) in [6.45, 7) is 5.27. The number of hydrogen-bond acceptors (Lipinski definition) is 9. The number of aromatic hydroxyl groups is 2. The number of esters is 1. The molecule has 0 amide bonds. The lowest BCUT2D eigenvalue weighted by molar-refractivity contribution is -0.217. The average molecular weight is 905 g/mol. The van der Waals surface area contributed by atoms with Gasteiger partial charge in [-0.3, -0.25) is 14.6 Å². The summed E-state index contributed by atoms with van der Waals surface area (Å²) in [5.74, 6) is 3.54. The lowest BCUT2D eigenvalue weighted by atomic mass is 9.49. The van der Waals surface area contributed by atoms with E-state index in [0.717, 1.165) is 132 Å². The largest absolute Gasteiger partial charge is 0.504 e. The van der Waals surface area contributed by atoms with E-state index in [4.69, 9.17) is 18.9 Å². The van der Waals surface area contributed by atoms with Crippen molar-refractivity contribution in [3.05, 3.63) is 118 Å². The van der Waals surface area contributed by atoms with Crippen LogP contribution < -0.4 is 9.47 Å². The molecule has 0 radical (unpaired) electrons. The van der Waals surface area contributed by atoms with Crippen LogP contribution in [0.4, 0.5) is 0 Å². The van der Waals surface area contributed by atoms with Crippen LogP contribution in [0.15, 0.2) is 84.9 Å². The van der Waals surface area contributed by atoms with Crippen molar-refractivity contribution in [2.24, 2.45) is 11.8 Å². The molecule has 14 rings (SSSR count). The van der Waals surface area contributed by atoms with Crippen LogP contribution in [0.25, 0.3) is 0 Å². The van der Waals surface area contributed by atoms with Crippen molar-refractivity contribution in [2.45, 2.75) is 162 Å². The predicted molar refractivity (Wildman–Crippen MR) is 256 cm³/mol. The van der Waals surface area contributed by atoms with E-state index in [9.17, 15) is 15.0 Å². The van der Waals surface area contributed by atoms with Gasteiger partial charge in [0.2, 0.25) is 0 Å². The molecule has 67 heavy (non-hydrogen) atoms. The molecule has 10 aliphatic rings. The monoisotopic (exact) mass is 905 g/mol. The third-order valence-corrected chi connectivity index (χ3v) is 18.8. The Morgan fingerprint density at radius 2 is 1.12 bits per heavy atom. The molecule has 8 atom stereocenters. The molecule has 6 fully saturated rings. The number of benzene rings is 4. The fourth-order valence-electron chi connectivity index (χ4n) is 15.7. The van der Waals surface area contributed by atoms with E-state index in [1.165, 1.54) is 54.5 Å². The zero-order valence-corrected chi connectivity index (χ0v) is 39.1. The standard InChI is InChI=1S/C29H33NO4.C29H35NO3/c31-22-12-11-21-17-23-29(34-25(32)13-10-19-5-2-1-3-6-19)14-4-7-24-28(29,26(21)27(22)33-24)15-16-30(23)18-20-8-9-20;31-23-13-12-22-18-24-29(32-17-5-8-20-6-2-1-3-7-20)14-4-9-25-28(29,26(22)27(23)33-25)15-16-30(24)19-21-10-11-21/h1-3,5-6,11-12,20,23-24,31H,4,7-10,13-18H2;1-3,6-7,12-13,21,24-25,31H,4-5,8-11,14-19H2/t23?,24-,28+,29+;24?,25-,28+,29+/m00/s1. The Labute approximate surface area is 396 Å². The molecule has 2 N–H and O–H groups in total. The summed E-state index contributed by atoms with van der Waals surface area (Å²) in [5.41, 5.74) is 6.43. The highest BCUT2D eigenvalue weighted by Crippen LogP contribution is 2.68. The first-order valence-electron chi connectivity index (χ1n) is 26.3. The van der Waals surface area contributed by atoms with Crippen LogP contribution in [-0.4, -0.2) is 94.3 Å². The number of carbonyl (C=O) groups is 1. The number of phenolic OH excluding ortho intramolecular Hbond substituents is 2. The van der Waals surface area contributed by atoms with E-state index in [0.29, 0.717) is 30.4 Å². The van der Waals surface area contributed by atoms with Crippen LogP contribution in [-0.2, 0) is 50.8 Å². The fraction of sp³-hybridized carbons (Fsp3) is 0.569. The molecule has 6 aliphatic carbocycles. The van der Waals surface area contributed by atoms with Gasteiger partial charge in [-0.15, -0.1) is 0 Å². The summed E-state index contributed by atoms with van der Waals surface area (Å²) >= 11 is 0. The lowest BCUT2D eigenvalue weighted by Crippen LogP contribution is -2.76.